The lowest BCUT2D eigenvalue weighted by Crippen LogP contribution is -2.54. The van der Waals surface area contributed by atoms with Gasteiger partial charge in [0.25, 0.3) is 0 Å². The first-order chi connectivity index (χ1) is 10.5. The standard InChI is InChI=1S/C16H21NO4S/c18-16(19)11-12-4-3-7-14(10-12)22(20,21)17-9-8-15(17)13-5-1-2-6-13/h3-4,7,10,13,15H,1-2,5-6,8-9,11H2,(H,18,19). The number of sulfonamides is 1. The quantitative estimate of drug-likeness (QED) is 0.902. The predicted octanol–water partition coefficient (Wildman–Crippen LogP) is 2.27. The lowest BCUT2D eigenvalue weighted by atomic mass is 9.90. The minimum Gasteiger partial charge on any atom is -0.481 e. The van der Waals surface area contributed by atoms with Crippen LogP contribution in [0.2, 0.25) is 0 Å². The average molecular weight is 323 g/mol. The fraction of sp³-hybridized carbons (Fsp3) is 0.562. The van der Waals surface area contributed by atoms with Crippen molar-refractivity contribution in [3.63, 3.8) is 0 Å². The zero-order valence-electron chi connectivity index (χ0n) is 12.4. The zero-order chi connectivity index (χ0) is 15.7. The normalized spacial score (nSPS) is 23.4. The third kappa shape index (κ3) is 2.90. The summed E-state index contributed by atoms with van der Waals surface area (Å²) < 4.78 is 27.2. The topological polar surface area (TPSA) is 74.7 Å². The Labute approximate surface area is 131 Å². The lowest BCUT2D eigenvalue weighted by Gasteiger charge is -2.43. The number of benzene rings is 1. The number of hydrogen-bond donors (Lipinski definition) is 1. The molecule has 0 aromatic heterocycles. The zero-order valence-corrected chi connectivity index (χ0v) is 13.3. The van der Waals surface area contributed by atoms with Crippen molar-refractivity contribution in [2.45, 2.75) is 49.5 Å². The van der Waals surface area contributed by atoms with Crippen LogP contribution >= 0.6 is 0 Å². The van der Waals surface area contributed by atoms with E-state index in [2.05, 4.69) is 0 Å². The molecule has 1 unspecified atom stereocenters. The van der Waals surface area contributed by atoms with Gasteiger partial charge < -0.3 is 5.11 Å². The maximum atomic E-state index is 12.8. The molecule has 1 aliphatic carbocycles. The van der Waals surface area contributed by atoms with Gasteiger partial charge in [0, 0.05) is 12.6 Å². The van der Waals surface area contributed by atoms with E-state index in [0.717, 1.165) is 19.3 Å². The predicted molar refractivity (Wildman–Crippen MR) is 82.0 cm³/mol. The summed E-state index contributed by atoms with van der Waals surface area (Å²) in [6, 6.07) is 6.46. The van der Waals surface area contributed by atoms with Crippen molar-refractivity contribution in [3.8, 4) is 0 Å². The van der Waals surface area contributed by atoms with Crippen molar-refractivity contribution < 1.29 is 18.3 Å². The van der Waals surface area contributed by atoms with Crippen LogP contribution in [0.15, 0.2) is 29.2 Å². The second-order valence-corrected chi connectivity index (χ2v) is 8.12. The average Bonchev–Trinajstić information content (AvgIpc) is 2.90. The van der Waals surface area contributed by atoms with E-state index in [9.17, 15) is 13.2 Å². The fourth-order valence-corrected chi connectivity index (χ4v) is 5.42. The first-order valence-electron chi connectivity index (χ1n) is 7.81. The highest BCUT2D eigenvalue weighted by Gasteiger charge is 2.43. The highest BCUT2D eigenvalue weighted by atomic mass is 32.2. The van der Waals surface area contributed by atoms with Gasteiger partial charge in [0.05, 0.1) is 11.3 Å². The molecule has 5 nitrogen and oxygen atoms in total. The Balaban J connectivity index is 1.82. The summed E-state index contributed by atoms with van der Waals surface area (Å²) in [5, 5.41) is 8.85. The molecule has 3 rings (SSSR count). The molecule has 0 amide bonds. The first kappa shape index (κ1) is 15.5. The smallest absolute Gasteiger partial charge is 0.307 e. The van der Waals surface area contributed by atoms with Crippen LogP contribution in [0.25, 0.3) is 0 Å². The fourth-order valence-electron chi connectivity index (χ4n) is 3.62. The molecule has 1 aromatic rings. The van der Waals surface area contributed by atoms with Crippen molar-refractivity contribution >= 4 is 16.0 Å². The Morgan fingerprint density at radius 1 is 1.23 bits per heavy atom. The number of carboxylic acids is 1. The number of carboxylic acid groups (broad SMARTS) is 1. The van der Waals surface area contributed by atoms with Crippen molar-refractivity contribution in [3.05, 3.63) is 29.8 Å². The van der Waals surface area contributed by atoms with Crippen molar-refractivity contribution in [2.75, 3.05) is 6.54 Å². The number of hydrogen-bond acceptors (Lipinski definition) is 3. The van der Waals surface area contributed by atoms with Gasteiger partial charge in [0.15, 0.2) is 0 Å². The molecule has 1 aliphatic heterocycles. The number of nitrogens with zero attached hydrogens (tertiary/aromatic N) is 1. The van der Waals surface area contributed by atoms with E-state index in [1.165, 1.54) is 18.9 Å². The second-order valence-electron chi connectivity index (χ2n) is 6.23. The summed E-state index contributed by atoms with van der Waals surface area (Å²) in [6.07, 6.45) is 5.42. The van der Waals surface area contributed by atoms with Crippen LogP contribution in [0.4, 0.5) is 0 Å². The van der Waals surface area contributed by atoms with E-state index < -0.39 is 16.0 Å². The van der Waals surface area contributed by atoms with E-state index in [-0.39, 0.29) is 17.4 Å². The molecular weight excluding hydrogens is 302 g/mol. The van der Waals surface area contributed by atoms with Gasteiger partial charge in [-0.1, -0.05) is 25.0 Å². The maximum Gasteiger partial charge on any atom is 0.307 e. The van der Waals surface area contributed by atoms with Crippen LogP contribution in [-0.2, 0) is 21.2 Å². The monoisotopic (exact) mass is 323 g/mol. The summed E-state index contributed by atoms with van der Waals surface area (Å²) in [5.74, 6) is -0.465. The number of rotatable bonds is 5. The highest BCUT2D eigenvalue weighted by molar-refractivity contribution is 7.89. The van der Waals surface area contributed by atoms with Gasteiger partial charge in [0.1, 0.15) is 0 Å². The molecule has 1 saturated carbocycles. The van der Waals surface area contributed by atoms with Crippen LogP contribution in [0.1, 0.15) is 37.7 Å². The van der Waals surface area contributed by atoms with Crippen LogP contribution in [0.5, 0.6) is 0 Å². The number of carbonyl (C=O) groups is 1. The van der Waals surface area contributed by atoms with Gasteiger partial charge in [-0.3, -0.25) is 4.79 Å². The number of aliphatic carboxylic acids is 1. The molecule has 1 atom stereocenters. The Hall–Kier alpha value is -1.40. The third-order valence-corrected chi connectivity index (χ3v) is 6.74. The summed E-state index contributed by atoms with van der Waals surface area (Å²) in [5.41, 5.74) is 0.520. The van der Waals surface area contributed by atoms with Crippen molar-refractivity contribution in [1.82, 2.24) is 4.31 Å². The van der Waals surface area contributed by atoms with Gasteiger partial charge in [-0.2, -0.15) is 4.31 Å². The Bertz CT molecular complexity index is 664. The molecule has 6 heteroatoms. The van der Waals surface area contributed by atoms with Gasteiger partial charge >= 0.3 is 5.97 Å². The lowest BCUT2D eigenvalue weighted by molar-refractivity contribution is -0.136. The van der Waals surface area contributed by atoms with Gasteiger partial charge in [-0.05, 0) is 42.9 Å². The summed E-state index contributed by atoms with van der Waals surface area (Å²) in [7, 11) is -3.51. The van der Waals surface area contributed by atoms with Crippen LogP contribution < -0.4 is 0 Å². The summed E-state index contributed by atoms with van der Waals surface area (Å²) in [4.78, 5) is 11.0. The van der Waals surface area contributed by atoms with E-state index in [0.29, 0.717) is 18.0 Å². The Morgan fingerprint density at radius 3 is 2.55 bits per heavy atom. The van der Waals surface area contributed by atoms with Gasteiger partial charge in [-0.15, -0.1) is 0 Å². The molecule has 0 spiro atoms. The molecule has 0 bridgehead atoms. The SMILES string of the molecule is O=C(O)Cc1cccc(S(=O)(=O)N2CCC2C2CCCC2)c1. The molecular formula is C16H21NO4S. The molecule has 1 N–H and O–H groups in total. The molecule has 22 heavy (non-hydrogen) atoms. The third-order valence-electron chi connectivity index (χ3n) is 4.82. The van der Waals surface area contributed by atoms with Gasteiger partial charge in [-0.25, -0.2) is 8.42 Å². The summed E-state index contributed by atoms with van der Waals surface area (Å²) in [6.45, 7) is 0.576. The minimum atomic E-state index is -3.51. The van der Waals surface area contributed by atoms with E-state index in [1.807, 2.05) is 0 Å². The van der Waals surface area contributed by atoms with Crippen LogP contribution in [-0.4, -0.2) is 36.4 Å². The molecule has 120 valence electrons. The molecule has 2 aliphatic rings. The Kier molecular flexibility index (Phi) is 4.23. The van der Waals surface area contributed by atoms with E-state index in [4.69, 9.17) is 5.11 Å². The Morgan fingerprint density at radius 2 is 1.95 bits per heavy atom. The van der Waals surface area contributed by atoms with E-state index in [1.54, 1.807) is 22.5 Å². The van der Waals surface area contributed by atoms with E-state index >= 15 is 0 Å². The molecule has 2 fully saturated rings. The molecule has 1 saturated heterocycles. The largest absolute Gasteiger partial charge is 0.481 e. The molecule has 1 aromatic carbocycles. The second kappa shape index (κ2) is 6.01. The van der Waals surface area contributed by atoms with Crippen LogP contribution in [0.3, 0.4) is 0 Å². The first-order valence-corrected chi connectivity index (χ1v) is 9.25. The van der Waals surface area contributed by atoms with Crippen LogP contribution in [0, 0.1) is 5.92 Å². The molecule has 0 radical (unpaired) electrons. The minimum absolute atomic E-state index is 0.135. The summed E-state index contributed by atoms with van der Waals surface area (Å²) >= 11 is 0. The van der Waals surface area contributed by atoms with Crippen molar-refractivity contribution in [1.29, 1.82) is 0 Å². The van der Waals surface area contributed by atoms with Gasteiger partial charge in [0.2, 0.25) is 10.0 Å². The van der Waals surface area contributed by atoms with Crippen molar-refractivity contribution in [2.24, 2.45) is 5.92 Å². The maximum absolute atomic E-state index is 12.8. The highest BCUT2D eigenvalue weighted by Crippen LogP contribution is 2.39. The molecule has 1 heterocycles.